The number of rotatable bonds is 14. The molecule has 0 spiro atoms. The third kappa shape index (κ3) is 17.4. The molecule has 16 nitrogen and oxygen atoms in total. The molecule has 76 heavy (non-hydrogen) atoms. The summed E-state index contributed by atoms with van der Waals surface area (Å²) >= 11 is 0. The van der Waals surface area contributed by atoms with Crippen LogP contribution in [0.4, 0.5) is 0 Å². The zero-order chi connectivity index (χ0) is 56.0. The van der Waals surface area contributed by atoms with Crippen molar-refractivity contribution >= 4 is 35.7 Å². The molecule has 5 rings (SSSR count). The number of ether oxygens (including phenoxy) is 4. The van der Waals surface area contributed by atoms with Crippen LogP contribution in [0.25, 0.3) is 11.4 Å². The lowest BCUT2D eigenvalue weighted by molar-refractivity contribution is -0.171. The molecule has 2 aromatic carbocycles. The van der Waals surface area contributed by atoms with Crippen molar-refractivity contribution in [1.29, 1.82) is 0 Å². The predicted octanol–water partition coefficient (Wildman–Crippen LogP) is 8.19. The van der Waals surface area contributed by atoms with E-state index >= 15 is 0 Å². The molecule has 8 atom stereocenters. The fourth-order valence-electron chi connectivity index (χ4n) is 9.82. The largest absolute Gasteiger partial charge is 0.460 e. The first-order valence-electron chi connectivity index (χ1n) is 27.1. The minimum Gasteiger partial charge on any atom is -0.460 e. The lowest BCUT2D eigenvalue weighted by atomic mass is 10.00. The van der Waals surface area contributed by atoms with Gasteiger partial charge < -0.3 is 37.9 Å². The molecule has 1 fully saturated rings. The van der Waals surface area contributed by atoms with E-state index in [1.807, 2.05) is 162 Å². The Kier molecular flexibility index (Phi) is 22.5. The van der Waals surface area contributed by atoms with Gasteiger partial charge in [0.2, 0.25) is 0 Å². The number of aromatic nitrogens is 2. The quantitative estimate of drug-likeness (QED) is 0.0881. The summed E-state index contributed by atoms with van der Waals surface area (Å²) in [5, 5.41) is 0. The maximum atomic E-state index is 14.9. The molecule has 0 bridgehead atoms. The van der Waals surface area contributed by atoms with Gasteiger partial charge in [0, 0.05) is 76.2 Å². The van der Waals surface area contributed by atoms with E-state index in [1.54, 1.807) is 37.7 Å². The van der Waals surface area contributed by atoms with Gasteiger partial charge in [-0.15, -0.1) is 0 Å². The molecule has 16 heteroatoms. The van der Waals surface area contributed by atoms with Crippen molar-refractivity contribution < 1.29 is 47.7 Å². The van der Waals surface area contributed by atoms with Crippen LogP contribution in [0.5, 0.6) is 0 Å². The number of carbonyl (C=O) groups excluding carboxylic acids is 6. The summed E-state index contributed by atoms with van der Waals surface area (Å²) in [6.45, 7) is 19.4. The summed E-state index contributed by atoms with van der Waals surface area (Å²) in [5.74, 6) is -3.76. The first-order chi connectivity index (χ1) is 35.9. The molecule has 1 aliphatic heterocycles. The van der Waals surface area contributed by atoms with Gasteiger partial charge >= 0.3 is 23.9 Å². The van der Waals surface area contributed by atoms with Crippen LogP contribution in [0, 0.1) is 23.7 Å². The number of hydrogen-bond acceptors (Lipinski definition) is 12. The third-order valence-corrected chi connectivity index (χ3v) is 13.9. The molecular formula is C60H86N6O10. The van der Waals surface area contributed by atoms with E-state index in [4.69, 9.17) is 18.9 Å². The Hall–Kier alpha value is -6.26. The highest BCUT2D eigenvalue weighted by molar-refractivity contribution is 5.90. The number of likely N-dealkylation sites (N-methyl/N-ethyl adjacent to an activating group) is 4. The second-order valence-electron chi connectivity index (χ2n) is 22.6. The summed E-state index contributed by atoms with van der Waals surface area (Å²) in [4.78, 5) is 94.3. The molecule has 0 radical (unpaired) electrons. The van der Waals surface area contributed by atoms with Gasteiger partial charge in [-0.3, -0.25) is 29.0 Å². The lowest BCUT2D eigenvalue weighted by Crippen LogP contribution is -2.53. The number of cyclic esters (lactones) is 4. The van der Waals surface area contributed by atoms with Crippen LogP contribution < -0.4 is 0 Å². The van der Waals surface area contributed by atoms with E-state index in [2.05, 4.69) is 0 Å². The first-order valence-corrected chi connectivity index (χ1v) is 27.1. The van der Waals surface area contributed by atoms with Gasteiger partial charge in [-0.2, -0.15) is 0 Å². The van der Waals surface area contributed by atoms with Crippen LogP contribution in [0.2, 0.25) is 0 Å². The fraction of sp³-hybridized carbons (Fsp3) is 0.567. The lowest BCUT2D eigenvalue weighted by Gasteiger charge is -2.35. The Morgan fingerprint density at radius 1 is 0.421 bits per heavy atom. The number of benzene rings is 2. The molecule has 0 unspecified atom stereocenters. The Labute approximate surface area is 451 Å². The Bertz CT molecular complexity index is 2300. The van der Waals surface area contributed by atoms with Crippen molar-refractivity contribution in [1.82, 2.24) is 28.7 Å². The number of hydrogen-bond donors (Lipinski definition) is 0. The van der Waals surface area contributed by atoms with E-state index in [0.29, 0.717) is 12.8 Å². The minimum atomic E-state index is -1.33. The maximum Gasteiger partial charge on any atom is 0.329 e. The Morgan fingerprint density at radius 3 is 0.987 bits per heavy atom. The first kappa shape index (κ1) is 60.6. The van der Waals surface area contributed by atoms with Crippen LogP contribution in [-0.4, -0.2) is 154 Å². The highest BCUT2D eigenvalue weighted by atomic mass is 16.6. The molecular weight excluding hydrogens is 965 g/mol. The topological polar surface area (TPSA) is 162 Å². The molecule has 0 N–H and O–H groups in total. The molecule has 0 aliphatic carbocycles. The molecule has 2 aromatic heterocycles. The third-order valence-electron chi connectivity index (χ3n) is 13.9. The molecule has 4 aromatic rings. The summed E-state index contributed by atoms with van der Waals surface area (Å²) in [6.07, 6.45) is 4.80. The van der Waals surface area contributed by atoms with E-state index in [0.717, 1.165) is 22.5 Å². The molecule has 1 aliphatic rings. The van der Waals surface area contributed by atoms with Gasteiger partial charge in [-0.1, -0.05) is 79.7 Å². The van der Waals surface area contributed by atoms with Crippen LogP contribution in [-0.2, 0) is 60.6 Å². The number of esters is 4. The van der Waals surface area contributed by atoms with E-state index in [1.165, 1.54) is 23.9 Å². The van der Waals surface area contributed by atoms with E-state index in [-0.39, 0.29) is 62.4 Å². The average Bonchev–Trinajstić information content (AvgIpc) is 4.11. The van der Waals surface area contributed by atoms with Crippen molar-refractivity contribution in [2.45, 2.75) is 156 Å². The number of carbonyl (C=O) groups is 6. The Morgan fingerprint density at radius 2 is 0.697 bits per heavy atom. The zero-order valence-electron chi connectivity index (χ0n) is 47.6. The van der Waals surface area contributed by atoms with Crippen molar-refractivity contribution in [2.24, 2.45) is 23.7 Å². The van der Waals surface area contributed by atoms with Crippen LogP contribution >= 0.6 is 0 Å². The van der Waals surface area contributed by atoms with Gasteiger partial charge in [0.05, 0.1) is 0 Å². The van der Waals surface area contributed by atoms with Crippen LogP contribution in [0.1, 0.15) is 106 Å². The van der Waals surface area contributed by atoms with Gasteiger partial charge in [0.1, 0.15) is 36.4 Å². The number of amides is 2. The van der Waals surface area contributed by atoms with Crippen molar-refractivity contribution in [2.75, 3.05) is 41.3 Å². The molecule has 2 amide bonds. The van der Waals surface area contributed by atoms with Crippen LogP contribution in [0.15, 0.2) is 97.6 Å². The predicted molar refractivity (Wildman–Crippen MR) is 294 cm³/mol. The highest BCUT2D eigenvalue weighted by Gasteiger charge is 2.41. The van der Waals surface area contributed by atoms with Crippen molar-refractivity contribution in [3.8, 4) is 11.4 Å². The van der Waals surface area contributed by atoms with Crippen LogP contribution in [0.3, 0.4) is 0 Å². The summed E-state index contributed by atoms with van der Waals surface area (Å²) in [5.41, 5.74) is 3.29. The summed E-state index contributed by atoms with van der Waals surface area (Å²) in [6, 6.07) is 19.1. The SMILES string of the molecule is CC(C)C[C@H]1C(=O)O[C@H](Cc2ccc(-n3cccc3)cc2)C(=O)N(C)[C@@H](CC(C)C)C(=O)O[C@H](C)CN(C)[C@@H](CC(C)C)C(=O)O[C@H](Cc2ccc(-n3cccc3)cc2)C(=O)N(C)[C@@H](CC(C)C)C(=O)O[C@H](C)CN1C. The highest BCUT2D eigenvalue weighted by Crippen LogP contribution is 2.25. The van der Waals surface area contributed by atoms with Gasteiger partial charge in [-0.05, 0) is 137 Å². The van der Waals surface area contributed by atoms with Crippen molar-refractivity contribution in [3.63, 3.8) is 0 Å². The molecule has 0 saturated carbocycles. The summed E-state index contributed by atoms with van der Waals surface area (Å²) in [7, 11) is 6.57. The summed E-state index contributed by atoms with van der Waals surface area (Å²) < 4.78 is 28.9. The monoisotopic (exact) mass is 1050 g/mol. The Balaban J connectivity index is 1.56. The van der Waals surface area contributed by atoms with E-state index in [9.17, 15) is 28.8 Å². The fourth-order valence-corrected chi connectivity index (χ4v) is 9.82. The minimum absolute atomic E-state index is 0.0177. The average molecular weight is 1050 g/mol. The molecule has 3 heterocycles. The smallest absolute Gasteiger partial charge is 0.329 e. The van der Waals surface area contributed by atoms with E-state index < -0.39 is 84.3 Å². The zero-order valence-corrected chi connectivity index (χ0v) is 47.6. The second-order valence-corrected chi connectivity index (χ2v) is 22.6. The standard InChI is InChI=1S/C60H86N6O10/c1-39(2)31-49-57(69)75-53(35-45-19-23-47(24-20-45)65-27-15-16-28-65)55(67)63(13)52(34-42(7)8)60(72)74-44(10)38-62(12)50(32-40(3)4)58(70)76-54(36-46-21-25-48(26-22-46)66-29-17-18-30-66)56(68)64(14)51(33-41(5)6)59(71)73-43(9)37-61(49)11/h15-30,39-44,49-54H,31-38H2,1-14H3/t43-,44-,49+,50+,51+,52+,53-,54-/m1/s1. The molecule has 416 valence electrons. The van der Waals surface area contributed by atoms with Crippen molar-refractivity contribution in [3.05, 3.63) is 109 Å². The number of nitrogens with zero attached hydrogens (tertiary/aromatic N) is 6. The van der Waals surface area contributed by atoms with Gasteiger partial charge in [-0.25, -0.2) is 9.59 Å². The second kappa shape index (κ2) is 28.2. The molecule has 1 saturated heterocycles. The normalized spacial score (nSPS) is 24.2. The van der Waals surface area contributed by atoms with Gasteiger partial charge in [0.15, 0.2) is 12.2 Å². The van der Waals surface area contributed by atoms with Gasteiger partial charge in [0.25, 0.3) is 11.8 Å². The maximum absolute atomic E-state index is 14.9.